The predicted octanol–water partition coefficient (Wildman–Crippen LogP) is 2.19. The fourth-order valence-electron chi connectivity index (χ4n) is 2.34. The molecule has 1 aliphatic heterocycles. The van der Waals surface area contributed by atoms with Crippen LogP contribution in [0.1, 0.15) is 19.8 Å². The van der Waals surface area contributed by atoms with Crippen LogP contribution in [-0.4, -0.2) is 31.7 Å². The van der Waals surface area contributed by atoms with E-state index < -0.39 is 6.09 Å². The molecule has 2 atom stereocenters. The number of amides is 2. The van der Waals surface area contributed by atoms with E-state index in [2.05, 4.69) is 27.6 Å². The van der Waals surface area contributed by atoms with Gasteiger partial charge in [0.2, 0.25) is 5.91 Å². The second kappa shape index (κ2) is 7.08. The minimum Gasteiger partial charge on any atom is -0.453 e. The molecule has 3 N–H and O–H groups in total. The Hall–Kier alpha value is -2.08. The minimum absolute atomic E-state index is 0.0183. The summed E-state index contributed by atoms with van der Waals surface area (Å²) in [4.78, 5) is 23.2. The standard InChI is InChI=1S/C15H21N3O3/c1-10-7-8-16-13(9-10)14(19)17-11-3-5-12(6-4-11)18-15(20)21-2/h3-6,10,13,16H,7-9H2,1-2H3,(H,17,19)(H,18,20). The lowest BCUT2D eigenvalue weighted by molar-refractivity contribution is -0.119. The Kier molecular flexibility index (Phi) is 5.16. The number of carbonyl (C=O) groups is 2. The second-order valence-electron chi connectivity index (χ2n) is 5.32. The van der Waals surface area contributed by atoms with Gasteiger partial charge in [-0.15, -0.1) is 0 Å². The van der Waals surface area contributed by atoms with E-state index in [1.54, 1.807) is 24.3 Å². The fourth-order valence-corrected chi connectivity index (χ4v) is 2.34. The molecule has 1 saturated heterocycles. The summed E-state index contributed by atoms with van der Waals surface area (Å²) in [5.41, 5.74) is 1.32. The molecule has 1 aromatic rings. The molecule has 1 aromatic carbocycles. The zero-order valence-corrected chi connectivity index (χ0v) is 12.3. The quantitative estimate of drug-likeness (QED) is 0.797. The molecule has 1 heterocycles. The van der Waals surface area contributed by atoms with Gasteiger partial charge in [0, 0.05) is 11.4 Å². The molecule has 114 valence electrons. The molecule has 0 radical (unpaired) electrons. The molecule has 0 bridgehead atoms. The maximum atomic E-state index is 12.2. The van der Waals surface area contributed by atoms with Gasteiger partial charge in [-0.25, -0.2) is 4.79 Å². The SMILES string of the molecule is COC(=O)Nc1ccc(NC(=O)C2CC(C)CCN2)cc1. The Balaban J connectivity index is 1.90. The van der Waals surface area contributed by atoms with Crippen LogP contribution < -0.4 is 16.0 Å². The van der Waals surface area contributed by atoms with E-state index in [1.165, 1.54) is 7.11 Å². The Morgan fingerprint density at radius 3 is 2.38 bits per heavy atom. The number of ether oxygens (including phenoxy) is 1. The van der Waals surface area contributed by atoms with Crippen molar-refractivity contribution in [2.75, 3.05) is 24.3 Å². The first-order valence-electron chi connectivity index (χ1n) is 7.07. The van der Waals surface area contributed by atoms with E-state index in [-0.39, 0.29) is 11.9 Å². The van der Waals surface area contributed by atoms with E-state index in [0.29, 0.717) is 17.3 Å². The van der Waals surface area contributed by atoms with Crippen LogP contribution in [-0.2, 0) is 9.53 Å². The van der Waals surface area contributed by atoms with Crippen molar-refractivity contribution in [2.45, 2.75) is 25.8 Å². The first kappa shape index (κ1) is 15.3. The Morgan fingerprint density at radius 1 is 1.19 bits per heavy atom. The van der Waals surface area contributed by atoms with Crippen molar-refractivity contribution < 1.29 is 14.3 Å². The second-order valence-corrected chi connectivity index (χ2v) is 5.32. The molecule has 6 nitrogen and oxygen atoms in total. The first-order valence-corrected chi connectivity index (χ1v) is 7.07. The third kappa shape index (κ3) is 4.46. The Labute approximate surface area is 124 Å². The number of piperidine rings is 1. The monoisotopic (exact) mass is 291 g/mol. The highest BCUT2D eigenvalue weighted by Crippen LogP contribution is 2.18. The molecule has 1 fully saturated rings. The van der Waals surface area contributed by atoms with Gasteiger partial charge in [0.25, 0.3) is 0 Å². The number of benzene rings is 1. The molecular formula is C15H21N3O3. The molecule has 0 aromatic heterocycles. The summed E-state index contributed by atoms with van der Waals surface area (Å²) in [6.45, 7) is 3.04. The van der Waals surface area contributed by atoms with E-state index in [1.807, 2.05) is 0 Å². The largest absolute Gasteiger partial charge is 0.453 e. The number of hydrogen-bond acceptors (Lipinski definition) is 4. The maximum absolute atomic E-state index is 12.2. The van der Waals surface area contributed by atoms with Crippen LogP contribution in [0.5, 0.6) is 0 Å². The van der Waals surface area contributed by atoms with Gasteiger partial charge in [-0.05, 0) is 49.6 Å². The minimum atomic E-state index is -0.521. The molecule has 6 heteroatoms. The third-order valence-corrected chi connectivity index (χ3v) is 3.57. The zero-order chi connectivity index (χ0) is 15.2. The van der Waals surface area contributed by atoms with Gasteiger partial charge in [-0.1, -0.05) is 6.92 Å². The summed E-state index contributed by atoms with van der Waals surface area (Å²) in [6.07, 6.45) is 1.44. The number of carbonyl (C=O) groups excluding carboxylic acids is 2. The topological polar surface area (TPSA) is 79.5 Å². The van der Waals surface area contributed by atoms with E-state index >= 15 is 0 Å². The summed E-state index contributed by atoms with van der Waals surface area (Å²) >= 11 is 0. The Bertz CT molecular complexity index is 501. The zero-order valence-electron chi connectivity index (χ0n) is 12.3. The van der Waals surface area contributed by atoms with Gasteiger partial charge in [0.1, 0.15) is 0 Å². The predicted molar refractivity (Wildman–Crippen MR) is 81.3 cm³/mol. The van der Waals surface area contributed by atoms with Crippen LogP contribution >= 0.6 is 0 Å². The van der Waals surface area contributed by atoms with Crippen molar-refractivity contribution in [3.05, 3.63) is 24.3 Å². The number of hydrogen-bond donors (Lipinski definition) is 3. The lowest BCUT2D eigenvalue weighted by Gasteiger charge is -2.27. The molecule has 2 rings (SSSR count). The third-order valence-electron chi connectivity index (χ3n) is 3.57. The van der Waals surface area contributed by atoms with Crippen LogP contribution in [0.4, 0.5) is 16.2 Å². The van der Waals surface area contributed by atoms with Crippen molar-refractivity contribution in [3.63, 3.8) is 0 Å². The normalized spacial score (nSPS) is 21.4. The smallest absolute Gasteiger partial charge is 0.411 e. The van der Waals surface area contributed by atoms with Gasteiger partial charge in [-0.2, -0.15) is 0 Å². The maximum Gasteiger partial charge on any atom is 0.411 e. The fraction of sp³-hybridized carbons (Fsp3) is 0.467. The van der Waals surface area contributed by atoms with Crippen LogP contribution in [0.2, 0.25) is 0 Å². The van der Waals surface area contributed by atoms with Crippen LogP contribution in [0.3, 0.4) is 0 Å². The molecule has 2 unspecified atom stereocenters. The van der Waals surface area contributed by atoms with Crippen molar-refractivity contribution >= 4 is 23.4 Å². The lowest BCUT2D eigenvalue weighted by atomic mass is 9.94. The molecule has 0 saturated carbocycles. The number of anilines is 2. The summed E-state index contributed by atoms with van der Waals surface area (Å²) in [6, 6.07) is 6.78. The van der Waals surface area contributed by atoms with Crippen LogP contribution in [0, 0.1) is 5.92 Å². The van der Waals surface area contributed by atoms with Crippen LogP contribution in [0.15, 0.2) is 24.3 Å². The highest BCUT2D eigenvalue weighted by atomic mass is 16.5. The summed E-state index contributed by atoms with van der Waals surface area (Å²) in [5, 5.41) is 8.67. The molecule has 0 aliphatic carbocycles. The van der Waals surface area contributed by atoms with Crippen molar-refractivity contribution in [3.8, 4) is 0 Å². The highest BCUT2D eigenvalue weighted by Gasteiger charge is 2.24. The van der Waals surface area contributed by atoms with Crippen molar-refractivity contribution in [1.82, 2.24) is 5.32 Å². The number of methoxy groups -OCH3 is 1. The molecule has 0 spiro atoms. The van der Waals surface area contributed by atoms with E-state index in [0.717, 1.165) is 19.4 Å². The van der Waals surface area contributed by atoms with Gasteiger partial charge in [-0.3, -0.25) is 10.1 Å². The Morgan fingerprint density at radius 2 is 1.81 bits per heavy atom. The van der Waals surface area contributed by atoms with Crippen molar-refractivity contribution in [1.29, 1.82) is 0 Å². The first-order chi connectivity index (χ1) is 10.1. The van der Waals surface area contributed by atoms with Gasteiger partial charge >= 0.3 is 6.09 Å². The average molecular weight is 291 g/mol. The van der Waals surface area contributed by atoms with Gasteiger partial charge < -0.3 is 15.4 Å². The average Bonchev–Trinajstić information content (AvgIpc) is 2.49. The van der Waals surface area contributed by atoms with Crippen LogP contribution in [0.25, 0.3) is 0 Å². The molecule has 21 heavy (non-hydrogen) atoms. The number of rotatable bonds is 3. The summed E-state index contributed by atoms with van der Waals surface area (Å²) in [5.74, 6) is 0.545. The number of nitrogens with one attached hydrogen (secondary N) is 3. The summed E-state index contributed by atoms with van der Waals surface area (Å²) < 4.78 is 4.51. The van der Waals surface area contributed by atoms with E-state index in [9.17, 15) is 9.59 Å². The van der Waals surface area contributed by atoms with Gasteiger partial charge in [0.15, 0.2) is 0 Å². The summed E-state index contributed by atoms with van der Waals surface area (Å²) in [7, 11) is 1.31. The van der Waals surface area contributed by atoms with Gasteiger partial charge in [0.05, 0.1) is 13.2 Å². The molecule has 2 amide bonds. The molecular weight excluding hydrogens is 270 g/mol. The molecule has 1 aliphatic rings. The van der Waals surface area contributed by atoms with E-state index in [4.69, 9.17) is 0 Å². The highest BCUT2D eigenvalue weighted by molar-refractivity contribution is 5.95. The van der Waals surface area contributed by atoms with Crippen molar-refractivity contribution in [2.24, 2.45) is 5.92 Å². The lowest BCUT2D eigenvalue weighted by Crippen LogP contribution is -2.45.